The van der Waals surface area contributed by atoms with Crippen LogP contribution in [0.15, 0.2) is 83.8 Å². The second-order valence-electron chi connectivity index (χ2n) is 6.35. The summed E-state index contributed by atoms with van der Waals surface area (Å²) in [6, 6.07) is 18.0. The molecule has 0 saturated carbocycles. The Kier molecular flexibility index (Phi) is 7.45. The van der Waals surface area contributed by atoms with Gasteiger partial charge < -0.3 is 10.1 Å². The van der Waals surface area contributed by atoms with E-state index in [4.69, 9.17) is 11.6 Å². The highest BCUT2D eigenvalue weighted by Crippen LogP contribution is 2.26. The van der Waals surface area contributed by atoms with Crippen molar-refractivity contribution in [1.29, 1.82) is 0 Å². The van der Waals surface area contributed by atoms with Crippen molar-refractivity contribution in [1.82, 2.24) is 0 Å². The highest BCUT2D eigenvalue weighted by Gasteiger charge is 2.15. The Morgan fingerprint density at radius 2 is 1.56 bits per heavy atom. The first-order valence-electron chi connectivity index (χ1n) is 9.15. The van der Waals surface area contributed by atoms with Crippen LogP contribution in [0, 0.1) is 0 Å². The van der Waals surface area contributed by atoms with Gasteiger partial charge in [0.05, 0.1) is 21.3 Å². The minimum absolute atomic E-state index is 0.0112. The number of rotatable bonds is 8. The number of sulfonamides is 1. The summed E-state index contributed by atoms with van der Waals surface area (Å²) in [6.45, 7) is -3.02. The topological polar surface area (TPSA) is 84.5 Å². The summed E-state index contributed by atoms with van der Waals surface area (Å²) in [6.07, 6.45) is 2.63. The lowest BCUT2D eigenvalue weighted by molar-refractivity contribution is -0.111. The number of hydrogen-bond acceptors (Lipinski definition) is 4. The van der Waals surface area contributed by atoms with Gasteiger partial charge >= 0.3 is 6.61 Å². The van der Waals surface area contributed by atoms with E-state index in [1.165, 1.54) is 54.6 Å². The van der Waals surface area contributed by atoms with Crippen LogP contribution in [0.5, 0.6) is 5.75 Å². The molecule has 3 aromatic carbocycles. The molecule has 0 spiro atoms. The van der Waals surface area contributed by atoms with Gasteiger partial charge in [-0.05, 0) is 48.0 Å². The quantitative estimate of drug-likeness (QED) is 0.425. The maximum Gasteiger partial charge on any atom is 0.387 e. The minimum Gasteiger partial charge on any atom is -0.433 e. The van der Waals surface area contributed by atoms with Crippen molar-refractivity contribution in [3.05, 3.63) is 89.5 Å². The van der Waals surface area contributed by atoms with Gasteiger partial charge in [0.2, 0.25) is 5.91 Å². The van der Waals surface area contributed by atoms with E-state index in [9.17, 15) is 22.0 Å². The molecule has 0 saturated heterocycles. The van der Waals surface area contributed by atoms with Crippen molar-refractivity contribution in [2.45, 2.75) is 11.5 Å². The molecule has 0 aliphatic carbocycles. The summed E-state index contributed by atoms with van der Waals surface area (Å²) in [4.78, 5) is 12.1. The zero-order chi connectivity index (χ0) is 23.1. The van der Waals surface area contributed by atoms with Crippen LogP contribution in [0.4, 0.5) is 20.2 Å². The molecule has 0 fully saturated rings. The van der Waals surface area contributed by atoms with Crippen molar-refractivity contribution in [3.63, 3.8) is 0 Å². The number of amides is 1. The maximum absolute atomic E-state index is 12.5. The molecule has 3 aromatic rings. The second-order valence-corrected chi connectivity index (χ2v) is 8.44. The van der Waals surface area contributed by atoms with E-state index in [0.717, 1.165) is 0 Å². The molecule has 0 heterocycles. The summed E-state index contributed by atoms with van der Waals surface area (Å²) < 4.78 is 56.7. The van der Waals surface area contributed by atoms with Crippen LogP contribution in [-0.4, -0.2) is 20.9 Å². The molecule has 0 aliphatic heterocycles. The van der Waals surface area contributed by atoms with Gasteiger partial charge in [-0.25, -0.2) is 8.42 Å². The van der Waals surface area contributed by atoms with E-state index < -0.39 is 22.5 Å². The lowest BCUT2D eigenvalue weighted by Gasteiger charge is -2.10. The first-order chi connectivity index (χ1) is 15.2. The largest absolute Gasteiger partial charge is 0.433 e. The van der Waals surface area contributed by atoms with E-state index in [0.29, 0.717) is 5.56 Å². The van der Waals surface area contributed by atoms with Crippen molar-refractivity contribution in [2.24, 2.45) is 0 Å². The van der Waals surface area contributed by atoms with Crippen LogP contribution in [0.25, 0.3) is 6.08 Å². The monoisotopic (exact) mass is 478 g/mol. The molecular weight excluding hydrogens is 462 g/mol. The summed E-state index contributed by atoms with van der Waals surface area (Å²) in [5, 5.41) is 2.72. The molecule has 0 aliphatic rings. The predicted molar refractivity (Wildman–Crippen MR) is 119 cm³/mol. The summed E-state index contributed by atoms with van der Waals surface area (Å²) in [5.41, 5.74) is 0.898. The Labute approximate surface area is 188 Å². The molecule has 0 aromatic heterocycles. The fourth-order valence-electron chi connectivity index (χ4n) is 2.62. The third kappa shape index (κ3) is 6.29. The molecule has 0 bridgehead atoms. The molecular formula is C22H17ClF2N2O4S. The standard InChI is InChI=1S/C22H17ClF2N2O4S/c23-17-5-1-2-6-18(17)27-32(29,30)16-12-9-15(10-13-16)11-14-21(28)26-19-7-3-4-8-20(19)31-22(24)25/h1-14,22,27H,(H,26,28)/b14-11+. The van der Waals surface area contributed by atoms with Gasteiger partial charge in [-0.3, -0.25) is 9.52 Å². The molecule has 6 nitrogen and oxygen atoms in total. The number of alkyl halides is 2. The number of hydrogen-bond donors (Lipinski definition) is 2. The Hall–Kier alpha value is -3.43. The second kappa shape index (κ2) is 10.3. The lowest BCUT2D eigenvalue weighted by Crippen LogP contribution is -2.13. The van der Waals surface area contributed by atoms with Crippen LogP contribution < -0.4 is 14.8 Å². The van der Waals surface area contributed by atoms with Crippen molar-refractivity contribution in [3.8, 4) is 5.75 Å². The van der Waals surface area contributed by atoms with Gasteiger partial charge in [0.25, 0.3) is 10.0 Å². The van der Waals surface area contributed by atoms with E-state index >= 15 is 0 Å². The fourth-order valence-corrected chi connectivity index (χ4v) is 3.94. The van der Waals surface area contributed by atoms with Gasteiger partial charge in [0.15, 0.2) is 0 Å². The SMILES string of the molecule is O=C(/C=C/c1ccc(S(=O)(=O)Nc2ccccc2Cl)cc1)Nc1ccccc1OC(F)F. The van der Waals surface area contributed by atoms with E-state index in [-0.39, 0.29) is 27.0 Å². The van der Waals surface area contributed by atoms with Crippen molar-refractivity contribution >= 4 is 45.0 Å². The normalized spacial score (nSPS) is 11.5. The fraction of sp³-hybridized carbons (Fsp3) is 0.0455. The third-order valence-electron chi connectivity index (χ3n) is 4.10. The zero-order valence-electron chi connectivity index (χ0n) is 16.3. The number of ether oxygens (including phenoxy) is 1. The number of benzene rings is 3. The van der Waals surface area contributed by atoms with Gasteiger partial charge in [-0.15, -0.1) is 0 Å². The Bertz CT molecular complexity index is 1230. The van der Waals surface area contributed by atoms with E-state index in [1.807, 2.05) is 0 Å². The van der Waals surface area contributed by atoms with Gasteiger partial charge in [-0.1, -0.05) is 48.0 Å². The van der Waals surface area contributed by atoms with Crippen LogP contribution in [0.2, 0.25) is 5.02 Å². The first-order valence-corrected chi connectivity index (χ1v) is 11.0. The van der Waals surface area contributed by atoms with Crippen LogP contribution in [-0.2, 0) is 14.8 Å². The summed E-state index contributed by atoms with van der Waals surface area (Å²) >= 11 is 5.99. The average Bonchev–Trinajstić information content (AvgIpc) is 2.75. The molecule has 1 amide bonds. The smallest absolute Gasteiger partial charge is 0.387 e. The first kappa shape index (κ1) is 23.2. The third-order valence-corrected chi connectivity index (χ3v) is 5.81. The van der Waals surface area contributed by atoms with Gasteiger partial charge in [0, 0.05) is 6.08 Å². The Balaban J connectivity index is 1.67. The summed E-state index contributed by atoms with van der Waals surface area (Å²) in [7, 11) is -3.85. The van der Waals surface area contributed by atoms with Crippen LogP contribution in [0.1, 0.15) is 5.56 Å². The van der Waals surface area contributed by atoms with Gasteiger partial charge in [-0.2, -0.15) is 8.78 Å². The molecule has 0 unspecified atom stereocenters. The predicted octanol–water partition coefficient (Wildman–Crippen LogP) is 5.39. The number of para-hydroxylation sites is 3. The minimum atomic E-state index is -3.85. The molecule has 3 rings (SSSR count). The average molecular weight is 479 g/mol. The summed E-state index contributed by atoms with van der Waals surface area (Å²) in [5.74, 6) is -0.739. The highest BCUT2D eigenvalue weighted by atomic mass is 35.5. The highest BCUT2D eigenvalue weighted by molar-refractivity contribution is 7.92. The molecule has 10 heteroatoms. The number of carbonyl (C=O) groups is 1. The molecule has 166 valence electrons. The van der Waals surface area contributed by atoms with E-state index in [1.54, 1.807) is 30.3 Å². The number of nitrogens with one attached hydrogen (secondary N) is 2. The van der Waals surface area contributed by atoms with Gasteiger partial charge in [0.1, 0.15) is 5.75 Å². The molecule has 32 heavy (non-hydrogen) atoms. The Morgan fingerprint density at radius 3 is 2.22 bits per heavy atom. The maximum atomic E-state index is 12.5. The molecule has 2 N–H and O–H groups in total. The van der Waals surface area contributed by atoms with Crippen LogP contribution in [0.3, 0.4) is 0 Å². The van der Waals surface area contributed by atoms with Crippen molar-refractivity contribution in [2.75, 3.05) is 10.0 Å². The van der Waals surface area contributed by atoms with Crippen molar-refractivity contribution < 1.29 is 26.7 Å². The number of carbonyl (C=O) groups excluding carboxylic acids is 1. The number of anilines is 2. The zero-order valence-corrected chi connectivity index (χ0v) is 17.9. The molecule has 0 atom stereocenters. The number of halogens is 3. The van der Waals surface area contributed by atoms with E-state index in [2.05, 4.69) is 14.8 Å². The van der Waals surface area contributed by atoms with Crippen LogP contribution >= 0.6 is 11.6 Å². The lowest BCUT2D eigenvalue weighted by atomic mass is 10.2. The Morgan fingerprint density at radius 1 is 0.938 bits per heavy atom. The molecule has 0 radical (unpaired) electrons.